The van der Waals surface area contributed by atoms with Gasteiger partial charge in [-0.25, -0.2) is 0 Å². The van der Waals surface area contributed by atoms with Crippen molar-refractivity contribution >= 4 is 17.4 Å². The minimum atomic E-state index is -1.36. The average molecular weight is 212 g/mol. The zero-order valence-electron chi connectivity index (χ0n) is 7.74. The number of carbonyl (C=O) groups excluding carboxylic acids is 1. The molecule has 0 aliphatic carbocycles. The first-order valence-electron chi connectivity index (χ1n) is 4.14. The highest BCUT2D eigenvalue weighted by atomic mass is 35.5. The number of benzene rings is 1. The molecule has 0 saturated heterocycles. The highest BCUT2D eigenvalue weighted by molar-refractivity contribution is 6.22. The van der Waals surface area contributed by atoms with E-state index in [9.17, 15) is 9.70 Å². The fraction of sp³-hybridized carbons (Fsp3) is 0.300. The molecule has 1 aromatic rings. The van der Waals surface area contributed by atoms with Crippen LogP contribution in [0, 0.1) is 4.91 Å². The molecule has 14 heavy (non-hydrogen) atoms. The van der Waals surface area contributed by atoms with Gasteiger partial charge in [-0.3, -0.25) is 4.79 Å². The summed E-state index contributed by atoms with van der Waals surface area (Å²) in [6.45, 7) is 1.43. The van der Waals surface area contributed by atoms with Gasteiger partial charge >= 0.3 is 0 Å². The van der Waals surface area contributed by atoms with Crippen molar-refractivity contribution in [2.24, 2.45) is 5.18 Å². The van der Waals surface area contributed by atoms with Gasteiger partial charge in [0, 0.05) is 5.56 Å². The summed E-state index contributed by atoms with van der Waals surface area (Å²) in [6.07, 6.45) is 0. The van der Waals surface area contributed by atoms with Crippen molar-refractivity contribution in [1.82, 2.24) is 0 Å². The Kier molecular flexibility index (Phi) is 3.36. The quantitative estimate of drug-likeness (QED) is 0.437. The van der Waals surface area contributed by atoms with Crippen LogP contribution < -0.4 is 0 Å². The van der Waals surface area contributed by atoms with Gasteiger partial charge in [0.1, 0.15) is 0 Å². The number of carbonyl (C=O) groups is 1. The van der Waals surface area contributed by atoms with Crippen molar-refractivity contribution in [3.63, 3.8) is 0 Å². The first-order chi connectivity index (χ1) is 6.64. The molecule has 0 radical (unpaired) electrons. The molecule has 74 valence electrons. The highest BCUT2D eigenvalue weighted by Gasteiger charge is 2.34. The van der Waals surface area contributed by atoms with Crippen LogP contribution >= 0.6 is 11.6 Å². The maximum Gasteiger partial charge on any atom is 0.194 e. The summed E-state index contributed by atoms with van der Waals surface area (Å²) in [5, 5.41) is 2.78. The van der Waals surface area contributed by atoms with E-state index >= 15 is 0 Å². The van der Waals surface area contributed by atoms with Crippen LogP contribution in [0.3, 0.4) is 0 Å². The Balaban J connectivity index is 3.01. The molecule has 0 saturated carbocycles. The van der Waals surface area contributed by atoms with Gasteiger partial charge in [0.25, 0.3) is 0 Å². The van der Waals surface area contributed by atoms with Crippen LogP contribution in [-0.2, 0) is 0 Å². The van der Waals surface area contributed by atoms with Crippen LogP contribution in [0.25, 0.3) is 0 Å². The number of alkyl halides is 1. The summed E-state index contributed by atoms with van der Waals surface area (Å²) in [5.74, 6) is -0.451. The van der Waals surface area contributed by atoms with E-state index in [2.05, 4.69) is 5.18 Å². The molecule has 3 nitrogen and oxygen atoms in total. The first kappa shape index (κ1) is 10.9. The maximum atomic E-state index is 11.8. The second-order valence-electron chi connectivity index (χ2n) is 3.19. The summed E-state index contributed by atoms with van der Waals surface area (Å²) < 4.78 is 0. The molecule has 0 aromatic heterocycles. The van der Waals surface area contributed by atoms with Gasteiger partial charge in [0.05, 0.1) is 5.88 Å². The van der Waals surface area contributed by atoms with E-state index in [1.807, 2.05) is 0 Å². The predicted molar refractivity (Wildman–Crippen MR) is 55.7 cm³/mol. The molecule has 4 heteroatoms. The van der Waals surface area contributed by atoms with E-state index in [1.54, 1.807) is 30.3 Å². The van der Waals surface area contributed by atoms with E-state index < -0.39 is 5.54 Å². The van der Waals surface area contributed by atoms with E-state index in [-0.39, 0.29) is 11.7 Å². The van der Waals surface area contributed by atoms with Crippen molar-refractivity contribution in [2.75, 3.05) is 5.88 Å². The number of halogens is 1. The molecule has 0 bridgehead atoms. The van der Waals surface area contributed by atoms with Crippen molar-refractivity contribution < 1.29 is 4.79 Å². The standard InChI is InChI=1S/C10H10ClNO2/c1-10(7-11,12-14)9(13)8-5-3-2-4-6-8/h2-6H,7H2,1H3. The molecule has 0 aliphatic heterocycles. The van der Waals surface area contributed by atoms with Gasteiger partial charge < -0.3 is 0 Å². The monoisotopic (exact) mass is 211 g/mol. The molecule has 1 rings (SSSR count). The lowest BCUT2D eigenvalue weighted by Gasteiger charge is -2.15. The number of nitroso groups, excluding NO2 is 1. The summed E-state index contributed by atoms with van der Waals surface area (Å²) >= 11 is 5.54. The predicted octanol–water partition coefficient (Wildman–Crippen LogP) is 2.63. The van der Waals surface area contributed by atoms with Crippen molar-refractivity contribution in [1.29, 1.82) is 0 Å². The van der Waals surface area contributed by atoms with E-state index in [0.717, 1.165) is 0 Å². The van der Waals surface area contributed by atoms with Crippen molar-refractivity contribution in [3.05, 3.63) is 40.8 Å². The number of rotatable bonds is 4. The summed E-state index contributed by atoms with van der Waals surface area (Å²) in [5.41, 5.74) is -0.904. The molecule has 0 N–H and O–H groups in total. The van der Waals surface area contributed by atoms with Crippen LogP contribution in [-0.4, -0.2) is 17.2 Å². The minimum absolute atomic E-state index is 0.107. The van der Waals surface area contributed by atoms with Gasteiger partial charge in [-0.05, 0) is 6.92 Å². The summed E-state index contributed by atoms with van der Waals surface area (Å²) in [7, 11) is 0. The molecule has 1 atom stereocenters. The molecular weight excluding hydrogens is 202 g/mol. The Labute approximate surface area is 87.1 Å². The molecule has 0 fully saturated rings. The second kappa shape index (κ2) is 4.33. The van der Waals surface area contributed by atoms with Crippen molar-refractivity contribution in [3.8, 4) is 0 Å². The lowest BCUT2D eigenvalue weighted by atomic mass is 9.94. The molecule has 1 unspecified atom stereocenters. The molecule has 0 spiro atoms. The molecule has 1 aromatic carbocycles. The van der Waals surface area contributed by atoms with E-state index in [4.69, 9.17) is 11.6 Å². The fourth-order valence-corrected chi connectivity index (χ4v) is 1.20. The van der Waals surface area contributed by atoms with Crippen LogP contribution in [0.2, 0.25) is 0 Å². The number of hydrogen-bond donors (Lipinski definition) is 0. The normalized spacial score (nSPS) is 14.4. The van der Waals surface area contributed by atoms with Gasteiger partial charge in [-0.2, -0.15) is 0 Å². The minimum Gasteiger partial charge on any atom is -0.291 e. The SMILES string of the molecule is CC(CCl)(N=O)C(=O)c1ccccc1. The second-order valence-corrected chi connectivity index (χ2v) is 3.46. The largest absolute Gasteiger partial charge is 0.291 e. The van der Waals surface area contributed by atoms with Gasteiger partial charge in [-0.1, -0.05) is 35.5 Å². The highest BCUT2D eigenvalue weighted by Crippen LogP contribution is 2.18. The van der Waals surface area contributed by atoms with Gasteiger partial charge in [0.2, 0.25) is 0 Å². The topological polar surface area (TPSA) is 46.5 Å². The number of ketones is 1. The summed E-state index contributed by atoms with van der Waals surface area (Å²) in [4.78, 5) is 22.3. The zero-order chi connectivity index (χ0) is 10.6. The van der Waals surface area contributed by atoms with Crippen LogP contribution in [0.15, 0.2) is 35.5 Å². The molecule has 0 aliphatic rings. The Morgan fingerprint density at radius 2 is 2.00 bits per heavy atom. The van der Waals surface area contributed by atoms with Crippen LogP contribution in [0.4, 0.5) is 0 Å². The average Bonchev–Trinajstić information content (AvgIpc) is 2.28. The fourth-order valence-electron chi connectivity index (χ4n) is 1.03. The Hall–Kier alpha value is -1.22. The number of nitrogens with zero attached hydrogens (tertiary/aromatic N) is 1. The van der Waals surface area contributed by atoms with E-state index in [1.165, 1.54) is 6.92 Å². The third-order valence-electron chi connectivity index (χ3n) is 1.99. The number of hydrogen-bond acceptors (Lipinski definition) is 3. The third kappa shape index (κ3) is 1.99. The molecular formula is C10H10ClNO2. The summed E-state index contributed by atoms with van der Waals surface area (Å²) in [6, 6.07) is 8.53. The number of Topliss-reactive ketones (excluding diaryl/α,β-unsaturated/α-hetero) is 1. The third-order valence-corrected chi connectivity index (χ3v) is 2.51. The van der Waals surface area contributed by atoms with Crippen molar-refractivity contribution in [2.45, 2.75) is 12.5 Å². The first-order valence-corrected chi connectivity index (χ1v) is 4.68. The van der Waals surface area contributed by atoms with Crippen LogP contribution in [0.1, 0.15) is 17.3 Å². The maximum absolute atomic E-state index is 11.8. The van der Waals surface area contributed by atoms with Gasteiger partial charge in [-0.15, -0.1) is 16.5 Å². The smallest absolute Gasteiger partial charge is 0.194 e. The van der Waals surface area contributed by atoms with Crippen LogP contribution in [0.5, 0.6) is 0 Å². The lowest BCUT2D eigenvalue weighted by molar-refractivity contribution is 0.0916. The lowest BCUT2D eigenvalue weighted by Crippen LogP contribution is -2.34. The Morgan fingerprint density at radius 1 is 1.43 bits per heavy atom. The molecule has 0 heterocycles. The Bertz CT molecular complexity index is 339. The van der Waals surface area contributed by atoms with Gasteiger partial charge in [0.15, 0.2) is 11.3 Å². The van der Waals surface area contributed by atoms with E-state index in [0.29, 0.717) is 5.56 Å². The molecule has 0 amide bonds. The Morgan fingerprint density at radius 3 is 2.43 bits per heavy atom. The zero-order valence-corrected chi connectivity index (χ0v) is 8.49.